The van der Waals surface area contributed by atoms with Crippen LogP contribution in [-0.2, 0) is 5.54 Å². The maximum Gasteiger partial charge on any atom is 0.0406 e. The van der Waals surface area contributed by atoms with E-state index in [1.807, 2.05) is 0 Å². The Balaban J connectivity index is 2.23. The summed E-state index contributed by atoms with van der Waals surface area (Å²) in [5, 5.41) is 3.62. The van der Waals surface area contributed by atoms with Gasteiger partial charge in [-0.1, -0.05) is 34.5 Å². The first-order valence-corrected chi connectivity index (χ1v) is 6.01. The van der Waals surface area contributed by atoms with Crippen molar-refractivity contribution in [1.29, 1.82) is 0 Å². The smallest absolute Gasteiger partial charge is 0.0406 e. The van der Waals surface area contributed by atoms with E-state index in [0.717, 1.165) is 11.0 Å². The van der Waals surface area contributed by atoms with Crippen LogP contribution in [-0.4, -0.2) is 6.54 Å². The molecule has 14 heavy (non-hydrogen) atoms. The minimum Gasteiger partial charge on any atom is -0.308 e. The second-order valence-corrected chi connectivity index (χ2v) is 5.14. The summed E-state index contributed by atoms with van der Waals surface area (Å²) in [6.45, 7) is 3.45. The van der Waals surface area contributed by atoms with Crippen molar-refractivity contribution >= 4 is 15.9 Å². The van der Waals surface area contributed by atoms with Gasteiger partial charge in [-0.15, -0.1) is 0 Å². The predicted molar refractivity (Wildman–Crippen MR) is 63.3 cm³/mol. The molecule has 1 heterocycles. The van der Waals surface area contributed by atoms with Crippen LogP contribution >= 0.6 is 15.9 Å². The summed E-state index contributed by atoms with van der Waals surface area (Å²) >= 11 is 3.47. The zero-order chi connectivity index (χ0) is 10.0. The van der Waals surface area contributed by atoms with Crippen LogP contribution in [0.3, 0.4) is 0 Å². The van der Waals surface area contributed by atoms with Crippen LogP contribution in [0.15, 0.2) is 28.7 Å². The molecule has 0 aromatic heterocycles. The molecule has 1 unspecified atom stereocenters. The van der Waals surface area contributed by atoms with Gasteiger partial charge in [0.05, 0.1) is 0 Å². The number of piperidine rings is 1. The van der Waals surface area contributed by atoms with Gasteiger partial charge in [-0.2, -0.15) is 0 Å². The van der Waals surface area contributed by atoms with Crippen LogP contribution in [0.25, 0.3) is 0 Å². The van der Waals surface area contributed by atoms with Crippen molar-refractivity contribution in [3.05, 3.63) is 34.3 Å². The maximum absolute atomic E-state index is 3.62. The van der Waals surface area contributed by atoms with Crippen molar-refractivity contribution in [1.82, 2.24) is 5.32 Å². The molecule has 1 aromatic carbocycles. The molecule has 2 rings (SSSR count). The van der Waals surface area contributed by atoms with E-state index in [0.29, 0.717) is 0 Å². The van der Waals surface area contributed by atoms with Gasteiger partial charge >= 0.3 is 0 Å². The lowest BCUT2D eigenvalue weighted by Crippen LogP contribution is -2.43. The van der Waals surface area contributed by atoms with Crippen LogP contribution < -0.4 is 5.32 Å². The Morgan fingerprint density at radius 3 is 2.50 bits per heavy atom. The Hall–Kier alpha value is -0.340. The highest BCUT2D eigenvalue weighted by Crippen LogP contribution is 2.30. The first-order chi connectivity index (χ1) is 6.71. The number of rotatable bonds is 1. The van der Waals surface area contributed by atoms with E-state index in [-0.39, 0.29) is 5.54 Å². The second kappa shape index (κ2) is 4.03. The van der Waals surface area contributed by atoms with E-state index >= 15 is 0 Å². The Morgan fingerprint density at radius 1 is 1.21 bits per heavy atom. The van der Waals surface area contributed by atoms with Crippen molar-refractivity contribution < 1.29 is 0 Å². The lowest BCUT2D eigenvalue weighted by molar-refractivity contribution is 0.283. The summed E-state index contributed by atoms with van der Waals surface area (Å²) in [7, 11) is 0. The molecule has 1 saturated heterocycles. The summed E-state index contributed by atoms with van der Waals surface area (Å²) in [5.41, 5.74) is 1.60. The standard InChI is InChI=1S/C12H16BrN/c1-12(8-2-3-9-14-12)10-4-6-11(13)7-5-10/h4-7,14H,2-3,8-9H2,1H3. The van der Waals surface area contributed by atoms with Gasteiger partial charge < -0.3 is 5.32 Å². The molecule has 1 N–H and O–H groups in total. The van der Waals surface area contributed by atoms with Gasteiger partial charge in [0, 0.05) is 10.0 Å². The van der Waals surface area contributed by atoms with E-state index in [9.17, 15) is 0 Å². The number of hydrogen-bond donors (Lipinski definition) is 1. The van der Waals surface area contributed by atoms with E-state index in [2.05, 4.69) is 52.4 Å². The molecule has 0 aliphatic carbocycles. The summed E-state index contributed by atoms with van der Waals surface area (Å²) in [6, 6.07) is 8.67. The quantitative estimate of drug-likeness (QED) is 0.809. The van der Waals surface area contributed by atoms with Gasteiger partial charge in [0.15, 0.2) is 0 Å². The average Bonchev–Trinajstić information content (AvgIpc) is 2.19. The number of benzene rings is 1. The molecule has 1 atom stereocenters. The Labute approximate surface area is 94.0 Å². The van der Waals surface area contributed by atoms with Crippen molar-refractivity contribution in [2.24, 2.45) is 0 Å². The molecule has 0 saturated carbocycles. The zero-order valence-electron chi connectivity index (χ0n) is 8.52. The highest BCUT2D eigenvalue weighted by Gasteiger charge is 2.27. The highest BCUT2D eigenvalue weighted by molar-refractivity contribution is 9.10. The molecule has 0 radical (unpaired) electrons. The highest BCUT2D eigenvalue weighted by atomic mass is 79.9. The Morgan fingerprint density at radius 2 is 1.93 bits per heavy atom. The van der Waals surface area contributed by atoms with Gasteiger partial charge in [0.1, 0.15) is 0 Å². The lowest BCUT2D eigenvalue weighted by Gasteiger charge is -2.35. The summed E-state index contributed by atoms with van der Waals surface area (Å²) in [4.78, 5) is 0. The minimum atomic E-state index is 0.193. The third-order valence-electron chi connectivity index (χ3n) is 3.10. The summed E-state index contributed by atoms with van der Waals surface area (Å²) in [6.07, 6.45) is 3.89. The Kier molecular flexibility index (Phi) is 2.93. The molecule has 76 valence electrons. The first-order valence-electron chi connectivity index (χ1n) is 5.22. The number of nitrogens with one attached hydrogen (secondary N) is 1. The molecular formula is C12H16BrN. The first kappa shape index (κ1) is 10.2. The van der Waals surface area contributed by atoms with Crippen LogP contribution in [0.4, 0.5) is 0 Å². The molecule has 1 fully saturated rings. The minimum absolute atomic E-state index is 0.193. The van der Waals surface area contributed by atoms with E-state index in [4.69, 9.17) is 0 Å². The Bertz CT molecular complexity index is 299. The summed E-state index contributed by atoms with van der Waals surface area (Å²) < 4.78 is 1.15. The van der Waals surface area contributed by atoms with E-state index < -0.39 is 0 Å². The second-order valence-electron chi connectivity index (χ2n) is 4.22. The SMILES string of the molecule is CC1(c2ccc(Br)cc2)CCCCN1. The lowest BCUT2D eigenvalue weighted by atomic mass is 9.84. The largest absolute Gasteiger partial charge is 0.308 e. The summed E-state index contributed by atoms with van der Waals surface area (Å²) in [5.74, 6) is 0. The molecule has 1 aliphatic heterocycles. The molecule has 0 amide bonds. The number of halogens is 1. The fraction of sp³-hybridized carbons (Fsp3) is 0.500. The van der Waals surface area contributed by atoms with Gasteiger partial charge in [-0.25, -0.2) is 0 Å². The van der Waals surface area contributed by atoms with Crippen molar-refractivity contribution in [3.8, 4) is 0 Å². The van der Waals surface area contributed by atoms with E-state index in [1.54, 1.807) is 0 Å². The molecule has 1 nitrogen and oxygen atoms in total. The number of hydrogen-bond acceptors (Lipinski definition) is 1. The van der Waals surface area contributed by atoms with Crippen LogP contribution in [0.2, 0.25) is 0 Å². The van der Waals surface area contributed by atoms with Gasteiger partial charge in [0.2, 0.25) is 0 Å². The maximum atomic E-state index is 3.62. The van der Waals surface area contributed by atoms with Gasteiger partial charge in [0.25, 0.3) is 0 Å². The molecule has 2 heteroatoms. The fourth-order valence-electron chi connectivity index (χ4n) is 2.12. The molecule has 1 aliphatic rings. The topological polar surface area (TPSA) is 12.0 Å². The van der Waals surface area contributed by atoms with Crippen LogP contribution in [0.1, 0.15) is 31.7 Å². The third-order valence-corrected chi connectivity index (χ3v) is 3.63. The molecule has 1 aromatic rings. The predicted octanol–water partition coefficient (Wildman–Crippen LogP) is 3.44. The monoisotopic (exact) mass is 253 g/mol. The third kappa shape index (κ3) is 2.01. The molecular weight excluding hydrogens is 238 g/mol. The van der Waals surface area contributed by atoms with Crippen molar-refractivity contribution in [2.75, 3.05) is 6.54 Å². The van der Waals surface area contributed by atoms with Crippen molar-refractivity contribution in [3.63, 3.8) is 0 Å². The van der Waals surface area contributed by atoms with E-state index in [1.165, 1.54) is 24.8 Å². The fourth-order valence-corrected chi connectivity index (χ4v) is 2.38. The average molecular weight is 254 g/mol. The molecule has 0 bridgehead atoms. The molecule has 0 spiro atoms. The zero-order valence-corrected chi connectivity index (χ0v) is 10.1. The van der Waals surface area contributed by atoms with Crippen molar-refractivity contribution in [2.45, 2.75) is 31.7 Å². The van der Waals surface area contributed by atoms with Crippen LogP contribution in [0.5, 0.6) is 0 Å². The van der Waals surface area contributed by atoms with Gasteiger partial charge in [-0.3, -0.25) is 0 Å². The normalized spacial score (nSPS) is 27.6. The van der Waals surface area contributed by atoms with Crippen LogP contribution in [0, 0.1) is 0 Å². The van der Waals surface area contributed by atoms with Gasteiger partial charge in [-0.05, 0) is 44.0 Å².